The number of unbranched alkanes of at least 4 members (excludes halogenated alkanes) is 2. The summed E-state index contributed by atoms with van der Waals surface area (Å²) in [5.41, 5.74) is 0. The molecule has 0 rings (SSSR count). The van der Waals surface area contributed by atoms with E-state index in [9.17, 15) is 4.79 Å². The van der Waals surface area contributed by atoms with Crippen LogP contribution < -0.4 is 0 Å². The molecule has 2 heteroatoms. The molecule has 0 atom stereocenters. The monoisotopic (exact) mass is 118 g/mol. The van der Waals surface area contributed by atoms with Gasteiger partial charge < -0.3 is 5.11 Å². The Morgan fingerprint density at radius 3 is 2.50 bits per heavy atom. The summed E-state index contributed by atoms with van der Waals surface area (Å²) in [6.07, 6.45) is 3.28. The molecule has 0 bridgehead atoms. The Morgan fingerprint density at radius 1 is 1.50 bits per heavy atom. The molecular weight excluding hydrogens is 106 g/mol. The van der Waals surface area contributed by atoms with Crippen molar-refractivity contribution in [1.82, 2.24) is 0 Å². The maximum Gasteiger partial charge on any atom is 0.303 e. The van der Waals surface area contributed by atoms with Gasteiger partial charge in [-0.1, -0.05) is 19.8 Å². The predicted molar refractivity (Wildman–Crippen MR) is 31.8 cm³/mol. The molecule has 0 aromatic carbocycles. The van der Waals surface area contributed by atoms with Crippen molar-refractivity contribution in [2.75, 3.05) is 0 Å². The van der Waals surface area contributed by atoms with Gasteiger partial charge in [0.15, 0.2) is 0 Å². The number of carbonyl (C=O) groups is 1. The zero-order valence-electron chi connectivity index (χ0n) is 5.18. The number of hydrogen-bond donors (Lipinski definition) is 1. The molecule has 0 aliphatic rings. The van der Waals surface area contributed by atoms with Gasteiger partial charge in [-0.25, -0.2) is 0 Å². The second-order valence-electron chi connectivity index (χ2n) is 1.85. The third kappa shape index (κ3) is 5.47. The van der Waals surface area contributed by atoms with Crippen LogP contribution in [0.4, 0.5) is 0 Å². The number of carboxylic acids is 1. The quantitative estimate of drug-likeness (QED) is 0.450. The van der Waals surface area contributed by atoms with Crippen LogP contribution in [0.1, 0.15) is 32.6 Å². The first-order valence-electron chi connectivity index (χ1n) is 2.99. The summed E-state index contributed by atoms with van der Waals surface area (Å²) in [7, 11) is 0. The number of hydrogen-bond acceptors (Lipinski definition) is 1. The molecule has 0 heterocycles. The van der Waals surface area contributed by atoms with Gasteiger partial charge in [-0.2, -0.15) is 0 Å². The van der Waals surface area contributed by atoms with E-state index in [0.717, 1.165) is 19.3 Å². The molecule has 0 fully saturated rings. The minimum Gasteiger partial charge on any atom is -0.481 e. The number of carboxylic acid groups (broad SMARTS) is 1. The minimum absolute atomic E-state index is 0.327. The zero-order chi connectivity index (χ0) is 6.41. The average molecular weight is 118 g/mol. The van der Waals surface area contributed by atoms with Gasteiger partial charge in [0.05, 0.1) is 0 Å². The topological polar surface area (TPSA) is 37.3 Å². The Labute approximate surface area is 49.5 Å². The zero-order valence-corrected chi connectivity index (χ0v) is 5.18. The van der Waals surface area contributed by atoms with Crippen molar-refractivity contribution in [3.8, 4) is 0 Å². The van der Waals surface area contributed by atoms with E-state index in [0.29, 0.717) is 6.42 Å². The molecule has 1 N–H and O–H groups in total. The van der Waals surface area contributed by atoms with Crippen molar-refractivity contribution in [1.29, 1.82) is 0 Å². The van der Waals surface area contributed by atoms with E-state index in [1.165, 1.54) is 0 Å². The summed E-state index contributed by atoms with van der Waals surface area (Å²) in [4.78, 5) is 9.87. The summed E-state index contributed by atoms with van der Waals surface area (Å²) < 4.78 is 0. The molecule has 8 heavy (non-hydrogen) atoms. The standard InChI is InChI=1S/C6H12O2/c1-2-3-4-5-6(7)8/h2-5H2,1H3,(H,7,8)/i5+1,6+1. The van der Waals surface area contributed by atoms with Crippen molar-refractivity contribution in [3.05, 3.63) is 0 Å². The number of aliphatic carboxylic acids is 1. The van der Waals surface area contributed by atoms with Crippen LogP contribution in [0.25, 0.3) is 0 Å². The van der Waals surface area contributed by atoms with Crippen molar-refractivity contribution < 1.29 is 9.90 Å². The minimum atomic E-state index is -0.682. The Hall–Kier alpha value is -0.530. The Bertz CT molecular complexity index is 68.9. The molecule has 0 aliphatic carbocycles. The molecule has 0 unspecified atom stereocenters. The van der Waals surface area contributed by atoms with Gasteiger partial charge in [-0.05, 0) is 6.42 Å². The second-order valence-corrected chi connectivity index (χ2v) is 1.85. The first kappa shape index (κ1) is 7.47. The molecule has 0 aromatic heterocycles. The van der Waals surface area contributed by atoms with Gasteiger partial charge in [-0.3, -0.25) is 4.79 Å². The molecule has 0 amide bonds. The van der Waals surface area contributed by atoms with Crippen LogP contribution in [0.2, 0.25) is 0 Å². The maximum atomic E-state index is 9.87. The van der Waals surface area contributed by atoms with Crippen LogP contribution in [-0.2, 0) is 4.79 Å². The van der Waals surface area contributed by atoms with Crippen LogP contribution in [-0.4, -0.2) is 11.1 Å². The normalized spacial score (nSPS) is 9.12. The Balaban J connectivity index is 2.82. The third-order valence-electron chi connectivity index (χ3n) is 0.994. The van der Waals surface area contributed by atoms with Crippen LogP contribution >= 0.6 is 0 Å². The van der Waals surface area contributed by atoms with Gasteiger partial charge in [0.1, 0.15) is 0 Å². The summed E-state index contributed by atoms with van der Waals surface area (Å²) in [5, 5.41) is 8.14. The van der Waals surface area contributed by atoms with Crippen molar-refractivity contribution >= 4 is 5.97 Å². The SMILES string of the molecule is CCCC[13CH2][13C](=O)O. The van der Waals surface area contributed by atoms with Gasteiger partial charge in [0.25, 0.3) is 0 Å². The average Bonchev–Trinajstić information content (AvgIpc) is 1.66. The van der Waals surface area contributed by atoms with Gasteiger partial charge in [-0.15, -0.1) is 0 Å². The molecule has 0 radical (unpaired) electrons. The molecular formula is C6H12O2. The second kappa shape index (κ2) is 4.62. The highest BCUT2D eigenvalue weighted by atomic mass is 16.5. The first-order chi connectivity index (χ1) is 3.77. The smallest absolute Gasteiger partial charge is 0.303 e. The van der Waals surface area contributed by atoms with E-state index in [-0.39, 0.29) is 0 Å². The Kier molecular flexibility index (Phi) is 4.32. The molecule has 0 aromatic rings. The van der Waals surface area contributed by atoms with E-state index in [1.54, 1.807) is 0 Å². The number of rotatable bonds is 4. The van der Waals surface area contributed by atoms with Crippen molar-refractivity contribution in [2.24, 2.45) is 0 Å². The summed E-state index contributed by atoms with van der Waals surface area (Å²) in [6, 6.07) is 0. The lowest BCUT2D eigenvalue weighted by atomic mass is 10.3. The molecule has 48 valence electrons. The molecule has 0 spiro atoms. The summed E-state index contributed by atoms with van der Waals surface area (Å²) in [6.45, 7) is 2.06. The van der Waals surface area contributed by atoms with Crippen LogP contribution in [0.5, 0.6) is 0 Å². The van der Waals surface area contributed by atoms with Crippen molar-refractivity contribution in [2.45, 2.75) is 32.6 Å². The third-order valence-corrected chi connectivity index (χ3v) is 0.994. The molecule has 0 aliphatic heterocycles. The summed E-state index contributed by atoms with van der Waals surface area (Å²) >= 11 is 0. The Morgan fingerprint density at radius 2 is 2.12 bits per heavy atom. The van der Waals surface area contributed by atoms with E-state index in [4.69, 9.17) is 5.11 Å². The lowest BCUT2D eigenvalue weighted by Crippen LogP contribution is -1.92. The van der Waals surface area contributed by atoms with Crippen LogP contribution in [0, 0.1) is 0 Å². The predicted octanol–water partition coefficient (Wildman–Crippen LogP) is 1.65. The fourth-order valence-electron chi connectivity index (χ4n) is 0.526. The van der Waals surface area contributed by atoms with Gasteiger partial charge >= 0.3 is 5.97 Å². The summed E-state index contributed by atoms with van der Waals surface area (Å²) in [5.74, 6) is -0.682. The van der Waals surface area contributed by atoms with Crippen LogP contribution in [0.3, 0.4) is 0 Å². The van der Waals surface area contributed by atoms with Gasteiger partial charge in [0, 0.05) is 6.42 Å². The highest BCUT2D eigenvalue weighted by Gasteiger charge is 1.92. The lowest BCUT2D eigenvalue weighted by molar-refractivity contribution is -0.137. The van der Waals surface area contributed by atoms with E-state index < -0.39 is 5.97 Å². The first-order valence-corrected chi connectivity index (χ1v) is 2.99. The van der Waals surface area contributed by atoms with E-state index >= 15 is 0 Å². The molecule has 0 saturated carbocycles. The van der Waals surface area contributed by atoms with Crippen LogP contribution in [0.15, 0.2) is 0 Å². The highest BCUT2D eigenvalue weighted by Crippen LogP contribution is 1.97. The fraction of sp³-hybridized carbons (Fsp3) is 0.833. The van der Waals surface area contributed by atoms with E-state index in [2.05, 4.69) is 6.92 Å². The van der Waals surface area contributed by atoms with Gasteiger partial charge in [0.2, 0.25) is 0 Å². The van der Waals surface area contributed by atoms with E-state index in [1.807, 2.05) is 0 Å². The largest absolute Gasteiger partial charge is 0.481 e. The van der Waals surface area contributed by atoms with Crippen molar-refractivity contribution in [3.63, 3.8) is 0 Å². The highest BCUT2D eigenvalue weighted by molar-refractivity contribution is 5.66. The molecule has 2 nitrogen and oxygen atoms in total. The lowest BCUT2D eigenvalue weighted by Gasteiger charge is -1.89. The molecule has 0 saturated heterocycles. The fourth-order valence-corrected chi connectivity index (χ4v) is 0.526. The maximum absolute atomic E-state index is 9.87.